The summed E-state index contributed by atoms with van der Waals surface area (Å²) in [4.78, 5) is 0. The van der Waals surface area contributed by atoms with E-state index in [9.17, 15) is 13.2 Å². The van der Waals surface area contributed by atoms with E-state index in [1.54, 1.807) is 0 Å². The third kappa shape index (κ3) is 3.84. The zero-order chi connectivity index (χ0) is 17.1. The van der Waals surface area contributed by atoms with Gasteiger partial charge in [0.25, 0.3) is 0 Å². The van der Waals surface area contributed by atoms with E-state index in [-0.39, 0.29) is 11.3 Å². The number of rotatable bonds is 5. The van der Waals surface area contributed by atoms with Crippen molar-refractivity contribution >= 4 is 5.69 Å². The largest absolute Gasteiger partial charge is 0.497 e. The van der Waals surface area contributed by atoms with Crippen molar-refractivity contribution in [1.82, 2.24) is 0 Å². The highest BCUT2D eigenvalue weighted by atomic mass is 19.4. The van der Waals surface area contributed by atoms with Crippen LogP contribution in [-0.2, 0) is 0 Å². The molecule has 0 radical (unpaired) electrons. The van der Waals surface area contributed by atoms with Crippen LogP contribution in [0.5, 0.6) is 11.5 Å². The number of alkyl halides is 3. The normalized spacial score (nSPS) is 14.7. The molecule has 22 heavy (non-hydrogen) atoms. The van der Waals surface area contributed by atoms with Gasteiger partial charge in [0.2, 0.25) is 0 Å². The molecule has 0 heterocycles. The lowest BCUT2D eigenvalue weighted by molar-refractivity contribution is -0.144. The Bertz CT molecular complexity index is 644. The molecule has 1 N–H and O–H groups in total. The molecule has 0 amide bonds. The fourth-order valence-corrected chi connectivity index (χ4v) is 1.88. The second-order valence-corrected chi connectivity index (χ2v) is 4.45. The van der Waals surface area contributed by atoms with Crippen molar-refractivity contribution in [3.63, 3.8) is 0 Å². The number of nitrogens with one attached hydrogen (secondary N) is 1. The van der Waals surface area contributed by atoms with Crippen molar-refractivity contribution in [3.8, 4) is 11.5 Å². The van der Waals surface area contributed by atoms with Crippen LogP contribution in [0.15, 0.2) is 48.5 Å². The van der Waals surface area contributed by atoms with E-state index < -0.39 is 12.2 Å². The Labute approximate surface area is 128 Å². The molecule has 2 rings (SSSR count). The molecule has 2 aromatic rings. The van der Waals surface area contributed by atoms with Gasteiger partial charge in [0.05, 0.1) is 15.6 Å². The molecule has 0 unspecified atom stereocenters. The van der Waals surface area contributed by atoms with E-state index in [4.69, 9.17) is 10.8 Å². The zero-order valence-electron chi connectivity index (χ0n) is 13.1. The van der Waals surface area contributed by atoms with Crippen LogP contribution in [-0.4, -0.2) is 20.4 Å². The van der Waals surface area contributed by atoms with Gasteiger partial charge in [-0.2, -0.15) is 13.2 Å². The average Bonchev–Trinajstić information content (AvgIpc) is 2.54. The van der Waals surface area contributed by atoms with Gasteiger partial charge in [0, 0.05) is 5.69 Å². The SMILES string of the molecule is [2H][C@](Nc1ccc(OC)cc1)(c1ccc(OC)cc1)C(F)(F)F. The summed E-state index contributed by atoms with van der Waals surface area (Å²) in [7, 11) is 2.88. The predicted molar refractivity (Wildman–Crippen MR) is 78.4 cm³/mol. The molecule has 118 valence electrons. The van der Waals surface area contributed by atoms with Crippen LogP contribution in [0.2, 0.25) is 0 Å². The zero-order valence-corrected chi connectivity index (χ0v) is 12.1. The maximum atomic E-state index is 13.5. The maximum Gasteiger partial charge on any atom is 0.412 e. The minimum Gasteiger partial charge on any atom is -0.497 e. The second kappa shape index (κ2) is 6.60. The Hall–Kier alpha value is -2.37. The highest BCUT2D eigenvalue weighted by Gasteiger charge is 2.40. The molecule has 0 bridgehead atoms. The molecular weight excluding hydrogens is 295 g/mol. The summed E-state index contributed by atoms with van der Waals surface area (Å²) in [6.45, 7) is 0. The van der Waals surface area contributed by atoms with Gasteiger partial charge < -0.3 is 14.8 Å². The fourth-order valence-electron chi connectivity index (χ4n) is 1.88. The summed E-state index contributed by atoms with van der Waals surface area (Å²) in [5, 5.41) is 2.25. The van der Waals surface area contributed by atoms with Crippen LogP contribution in [0, 0.1) is 0 Å². The van der Waals surface area contributed by atoms with Gasteiger partial charge in [0.1, 0.15) is 17.5 Å². The fraction of sp³-hybridized carbons (Fsp3) is 0.250. The van der Waals surface area contributed by atoms with Crippen LogP contribution < -0.4 is 14.8 Å². The molecule has 0 aliphatic heterocycles. The second-order valence-electron chi connectivity index (χ2n) is 4.45. The van der Waals surface area contributed by atoms with Crippen molar-refractivity contribution in [2.24, 2.45) is 0 Å². The minimum absolute atomic E-state index is 0.161. The first-order chi connectivity index (χ1) is 10.8. The van der Waals surface area contributed by atoms with Crippen LogP contribution in [0.4, 0.5) is 18.9 Å². The van der Waals surface area contributed by atoms with Crippen molar-refractivity contribution in [2.75, 3.05) is 19.5 Å². The van der Waals surface area contributed by atoms with Gasteiger partial charge in [-0.05, 0) is 42.0 Å². The molecule has 0 aliphatic rings. The van der Waals surface area contributed by atoms with Crippen molar-refractivity contribution in [2.45, 2.75) is 12.2 Å². The van der Waals surface area contributed by atoms with Crippen LogP contribution in [0.25, 0.3) is 0 Å². The summed E-state index contributed by atoms with van der Waals surface area (Å²) in [5.41, 5.74) is -0.0736. The molecule has 0 aromatic heterocycles. The first-order valence-electron chi connectivity index (χ1n) is 6.93. The lowest BCUT2D eigenvalue weighted by Gasteiger charge is -2.23. The Morgan fingerprint density at radius 1 is 0.909 bits per heavy atom. The quantitative estimate of drug-likeness (QED) is 0.886. The summed E-state index contributed by atoms with van der Waals surface area (Å²) in [6.07, 6.45) is -4.82. The maximum absolute atomic E-state index is 13.5. The van der Waals surface area contributed by atoms with Crippen LogP contribution in [0.3, 0.4) is 0 Å². The lowest BCUT2D eigenvalue weighted by atomic mass is 10.1. The number of hydrogen-bond donors (Lipinski definition) is 1. The highest BCUT2D eigenvalue weighted by molar-refractivity contribution is 5.49. The van der Waals surface area contributed by atoms with E-state index >= 15 is 0 Å². The van der Waals surface area contributed by atoms with E-state index in [1.165, 1.54) is 62.8 Å². The summed E-state index contributed by atoms with van der Waals surface area (Å²) in [5.74, 6) is 0.935. The predicted octanol–water partition coefficient (Wildman–Crippen LogP) is 4.42. The van der Waals surface area contributed by atoms with Crippen molar-refractivity contribution in [1.29, 1.82) is 0 Å². The third-order valence-electron chi connectivity index (χ3n) is 3.02. The van der Waals surface area contributed by atoms with Gasteiger partial charge in [-0.15, -0.1) is 0 Å². The third-order valence-corrected chi connectivity index (χ3v) is 3.02. The number of anilines is 1. The molecule has 3 nitrogen and oxygen atoms in total. The Morgan fingerprint density at radius 3 is 1.77 bits per heavy atom. The standard InChI is InChI=1S/C16H16F3NO2/c1-21-13-7-3-11(4-8-13)15(16(17,18)19)20-12-5-9-14(22-2)10-6-12/h3-10,15,20H,1-2H3/t15-/m0/s1/i15D. The summed E-state index contributed by atoms with van der Waals surface area (Å²) < 4.78 is 58.4. The van der Waals surface area contributed by atoms with Crippen molar-refractivity contribution < 1.29 is 24.0 Å². The smallest absolute Gasteiger partial charge is 0.412 e. The van der Waals surface area contributed by atoms with Crippen LogP contribution >= 0.6 is 0 Å². The first-order valence-corrected chi connectivity index (χ1v) is 6.43. The molecule has 6 heteroatoms. The molecule has 0 saturated heterocycles. The average molecular weight is 312 g/mol. The molecule has 0 saturated carbocycles. The van der Waals surface area contributed by atoms with E-state index in [0.717, 1.165) is 0 Å². The molecule has 1 atom stereocenters. The summed E-state index contributed by atoms with van der Waals surface area (Å²) >= 11 is 0. The Balaban J connectivity index is 2.37. The Kier molecular flexibility index (Phi) is 4.37. The Morgan fingerprint density at radius 2 is 1.36 bits per heavy atom. The number of ether oxygens (including phenoxy) is 2. The first kappa shape index (κ1) is 14.6. The minimum atomic E-state index is -4.82. The van der Waals surface area contributed by atoms with Crippen molar-refractivity contribution in [3.05, 3.63) is 54.1 Å². The molecule has 0 fully saturated rings. The number of hydrogen-bond acceptors (Lipinski definition) is 3. The number of methoxy groups -OCH3 is 2. The van der Waals surface area contributed by atoms with Gasteiger partial charge >= 0.3 is 6.18 Å². The molecule has 2 aromatic carbocycles. The monoisotopic (exact) mass is 312 g/mol. The van der Waals surface area contributed by atoms with E-state index in [1.807, 2.05) is 0 Å². The molecular formula is C16H16F3NO2. The number of benzene rings is 2. The molecule has 0 aliphatic carbocycles. The van der Waals surface area contributed by atoms with Gasteiger partial charge in [-0.1, -0.05) is 12.1 Å². The van der Waals surface area contributed by atoms with Crippen LogP contribution in [0.1, 0.15) is 13.0 Å². The van der Waals surface area contributed by atoms with Gasteiger partial charge in [0.15, 0.2) is 0 Å². The topological polar surface area (TPSA) is 30.5 Å². The van der Waals surface area contributed by atoms with E-state index in [0.29, 0.717) is 11.5 Å². The lowest BCUT2D eigenvalue weighted by Crippen LogP contribution is -2.27. The molecule has 0 spiro atoms. The highest BCUT2D eigenvalue weighted by Crippen LogP contribution is 2.36. The van der Waals surface area contributed by atoms with E-state index in [2.05, 4.69) is 5.32 Å². The summed E-state index contributed by atoms with van der Waals surface area (Å²) in [6, 6.07) is 8.13. The number of halogens is 3. The van der Waals surface area contributed by atoms with Gasteiger partial charge in [-0.3, -0.25) is 0 Å². The van der Waals surface area contributed by atoms with Gasteiger partial charge in [-0.25, -0.2) is 0 Å².